The van der Waals surface area contributed by atoms with Crippen molar-refractivity contribution in [1.82, 2.24) is 9.78 Å². The molecule has 5 nitrogen and oxygen atoms in total. The third kappa shape index (κ3) is 3.99. The Bertz CT molecular complexity index is 1350. The van der Waals surface area contributed by atoms with Crippen molar-refractivity contribution in [2.75, 3.05) is 5.32 Å². The van der Waals surface area contributed by atoms with Gasteiger partial charge in [0.1, 0.15) is 6.04 Å². The van der Waals surface area contributed by atoms with Gasteiger partial charge in [-0.2, -0.15) is 5.10 Å². The fourth-order valence-electron chi connectivity index (χ4n) is 3.74. The quantitative estimate of drug-likeness (QED) is 0.503. The predicted octanol–water partition coefficient (Wildman–Crippen LogP) is 5.19. The standard InChI is InChI=1S/C26H25N3O2/c1-16-8-7-9-20(14-16)27-25(30)19(4)29-26(31)22-11-6-5-10-21(22)24(28-29)23-15-17(2)12-13-18(23)3/h5-15,19H,1-4H3,(H,27,30)/t19-/m1/s1. The van der Waals surface area contributed by atoms with Gasteiger partial charge in [-0.3, -0.25) is 9.59 Å². The van der Waals surface area contributed by atoms with Crippen LogP contribution < -0.4 is 10.9 Å². The van der Waals surface area contributed by atoms with Crippen LogP contribution in [0.2, 0.25) is 0 Å². The summed E-state index contributed by atoms with van der Waals surface area (Å²) in [6, 6.07) is 20.4. The van der Waals surface area contributed by atoms with E-state index in [1.165, 1.54) is 4.68 Å². The first-order valence-electron chi connectivity index (χ1n) is 10.3. The summed E-state index contributed by atoms with van der Waals surface area (Å²) in [5.41, 5.74) is 5.28. The van der Waals surface area contributed by atoms with Crippen molar-refractivity contribution in [2.45, 2.75) is 33.7 Å². The summed E-state index contributed by atoms with van der Waals surface area (Å²) in [6.07, 6.45) is 0. The van der Waals surface area contributed by atoms with Gasteiger partial charge in [-0.15, -0.1) is 0 Å². The number of nitrogens with zero attached hydrogens (tertiary/aromatic N) is 2. The molecule has 0 radical (unpaired) electrons. The molecular formula is C26H25N3O2. The lowest BCUT2D eigenvalue weighted by Gasteiger charge is -2.18. The largest absolute Gasteiger partial charge is 0.324 e. The highest BCUT2D eigenvalue weighted by Crippen LogP contribution is 2.29. The summed E-state index contributed by atoms with van der Waals surface area (Å²) in [5, 5.41) is 8.92. The van der Waals surface area contributed by atoms with Crippen molar-refractivity contribution in [3.63, 3.8) is 0 Å². The maximum Gasteiger partial charge on any atom is 0.275 e. The molecule has 4 rings (SSSR count). The molecule has 0 aliphatic carbocycles. The van der Waals surface area contributed by atoms with Crippen LogP contribution in [0.5, 0.6) is 0 Å². The Hall–Kier alpha value is -3.73. The summed E-state index contributed by atoms with van der Waals surface area (Å²) >= 11 is 0. The minimum Gasteiger partial charge on any atom is -0.324 e. The summed E-state index contributed by atoms with van der Waals surface area (Å²) in [6.45, 7) is 7.71. The summed E-state index contributed by atoms with van der Waals surface area (Å²) in [4.78, 5) is 26.2. The first-order valence-corrected chi connectivity index (χ1v) is 10.3. The number of benzene rings is 3. The molecule has 0 bridgehead atoms. The van der Waals surface area contributed by atoms with Crippen LogP contribution in [0, 0.1) is 20.8 Å². The van der Waals surface area contributed by atoms with Gasteiger partial charge >= 0.3 is 0 Å². The smallest absolute Gasteiger partial charge is 0.275 e. The van der Waals surface area contributed by atoms with Crippen LogP contribution in [0.15, 0.2) is 71.5 Å². The maximum absolute atomic E-state index is 13.2. The Morgan fingerprint density at radius 3 is 2.35 bits per heavy atom. The Kier molecular flexibility index (Phi) is 5.42. The zero-order chi connectivity index (χ0) is 22.1. The van der Waals surface area contributed by atoms with Crippen LogP contribution in [0.1, 0.15) is 29.7 Å². The Morgan fingerprint density at radius 1 is 0.903 bits per heavy atom. The van der Waals surface area contributed by atoms with E-state index < -0.39 is 6.04 Å². The number of carbonyl (C=O) groups is 1. The number of nitrogens with one attached hydrogen (secondary N) is 1. The summed E-state index contributed by atoms with van der Waals surface area (Å²) < 4.78 is 1.30. The highest BCUT2D eigenvalue weighted by Gasteiger charge is 2.21. The minimum absolute atomic E-state index is 0.281. The van der Waals surface area contributed by atoms with Gasteiger partial charge in [0.2, 0.25) is 5.91 Å². The van der Waals surface area contributed by atoms with Crippen LogP contribution in [0.3, 0.4) is 0 Å². The van der Waals surface area contributed by atoms with Gasteiger partial charge in [-0.25, -0.2) is 4.68 Å². The van der Waals surface area contributed by atoms with Crippen LogP contribution in [0.25, 0.3) is 22.0 Å². The fourth-order valence-corrected chi connectivity index (χ4v) is 3.74. The molecule has 0 aliphatic rings. The second kappa shape index (κ2) is 8.19. The zero-order valence-corrected chi connectivity index (χ0v) is 18.1. The van der Waals surface area contributed by atoms with Crippen molar-refractivity contribution in [3.05, 3.63) is 93.8 Å². The number of hydrogen-bond acceptors (Lipinski definition) is 3. The molecule has 1 amide bonds. The Labute approximate surface area is 181 Å². The number of aromatic nitrogens is 2. The van der Waals surface area contributed by atoms with Gasteiger partial charge < -0.3 is 5.32 Å². The van der Waals surface area contributed by atoms with Gasteiger partial charge in [0.15, 0.2) is 0 Å². The van der Waals surface area contributed by atoms with Crippen LogP contribution in [-0.2, 0) is 4.79 Å². The lowest BCUT2D eigenvalue weighted by atomic mass is 9.99. The molecular weight excluding hydrogens is 386 g/mol. The van der Waals surface area contributed by atoms with E-state index in [0.717, 1.165) is 27.6 Å². The number of anilines is 1. The molecule has 0 aliphatic heterocycles. The molecule has 0 saturated heterocycles. The zero-order valence-electron chi connectivity index (χ0n) is 18.1. The van der Waals surface area contributed by atoms with E-state index in [2.05, 4.69) is 17.4 Å². The summed E-state index contributed by atoms with van der Waals surface area (Å²) in [5.74, 6) is -0.289. The number of rotatable bonds is 4. The molecule has 4 aromatic rings. The van der Waals surface area contributed by atoms with Gasteiger partial charge in [0.05, 0.1) is 11.1 Å². The lowest BCUT2D eigenvalue weighted by molar-refractivity contribution is -0.119. The molecule has 156 valence electrons. The molecule has 1 aromatic heterocycles. The van der Waals surface area contributed by atoms with E-state index >= 15 is 0 Å². The Morgan fingerprint density at radius 2 is 1.61 bits per heavy atom. The summed E-state index contributed by atoms with van der Waals surface area (Å²) in [7, 11) is 0. The molecule has 3 aromatic carbocycles. The molecule has 0 saturated carbocycles. The molecule has 0 spiro atoms. The van der Waals surface area contributed by atoms with Crippen LogP contribution in [-0.4, -0.2) is 15.7 Å². The molecule has 0 fully saturated rings. The van der Waals surface area contributed by atoms with Crippen molar-refractivity contribution in [2.24, 2.45) is 0 Å². The van der Waals surface area contributed by atoms with Crippen LogP contribution in [0.4, 0.5) is 5.69 Å². The third-order valence-corrected chi connectivity index (χ3v) is 5.51. The minimum atomic E-state index is -0.776. The van der Waals surface area contributed by atoms with Gasteiger partial charge in [-0.1, -0.05) is 48.0 Å². The SMILES string of the molecule is Cc1cccc(NC(=O)[C@@H](C)n2nc(-c3cc(C)ccc3C)c3ccccc3c2=O)c1. The highest BCUT2D eigenvalue weighted by molar-refractivity contribution is 5.96. The molecule has 1 heterocycles. The predicted molar refractivity (Wildman–Crippen MR) is 125 cm³/mol. The average molecular weight is 412 g/mol. The van der Waals surface area contributed by atoms with E-state index in [1.54, 1.807) is 13.0 Å². The number of hydrogen-bond donors (Lipinski definition) is 1. The van der Waals surface area contributed by atoms with Gasteiger partial charge in [0.25, 0.3) is 5.56 Å². The topological polar surface area (TPSA) is 64.0 Å². The van der Waals surface area contributed by atoms with E-state index in [4.69, 9.17) is 5.10 Å². The fraction of sp³-hybridized carbons (Fsp3) is 0.192. The highest BCUT2D eigenvalue weighted by atomic mass is 16.2. The number of aryl methyl sites for hydroxylation is 3. The number of amides is 1. The monoisotopic (exact) mass is 411 g/mol. The van der Waals surface area contributed by atoms with Gasteiger partial charge in [0, 0.05) is 16.6 Å². The molecule has 1 N–H and O–H groups in total. The number of fused-ring (bicyclic) bond motifs is 1. The first kappa shape index (κ1) is 20.5. The number of carbonyl (C=O) groups excluding carboxylic acids is 1. The molecule has 31 heavy (non-hydrogen) atoms. The average Bonchev–Trinajstić information content (AvgIpc) is 2.75. The molecule has 5 heteroatoms. The van der Waals surface area contributed by atoms with E-state index in [0.29, 0.717) is 16.8 Å². The van der Waals surface area contributed by atoms with E-state index in [9.17, 15) is 9.59 Å². The molecule has 0 unspecified atom stereocenters. The van der Waals surface area contributed by atoms with Crippen molar-refractivity contribution < 1.29 is 4.79 Å². The van der Waals surface area contributed by atoms with E-state index in [-0.39, 0.29) is 11.5 Å². The van der Waals surface area contributed by atoms with Crippen molar-refractivity contribution in [3.8, 4) is 11.3 Å². The second-order valence-electron chi connectivity index (χ2n) is 8.00. The van der Waals surface area contributed by atoms with Crippen LogP contribution >= 0.6 is 0 Å². The maximum atomic E-state index is 13.2. The normalized spacial score (nSPS) is 12.0. The van der Waals surface area contributed by atoms with Crippen molar-refractivity contribution in [1.29, 1.82) is 0 Å². The Balaban J connectivity index is 1.84. The second-order valence-corrected chi connectivity index (χ2v) is 8.00. The molecule has 1 atom stereocenters. The lowest BCUT2D eigenvalue weighted by Crippen LogP contribution is -2.34. The van der Waals surface area contributed by atoms with Crippen molar-refractivity contribution >= 4 is 22.4 Å². The third-order valence-electron chi connectivity index (χ3n) is 5.51. The van der Waals surface area contributed by atoms with E-state index in [1.807, 2.05) is 69.3 Å². The first-order chi connectivity index (χ1) is 14.8. The van der Waals surface area contributed by atoms with Gasteiger partial charge in [-0.05, 0) is 63.1 Å².